The van der Waals surface area contributed by atoms with Gasteiger partial charge in [0.1, 0.15) is 23.0 Å². The van der Waals surface area contributed by atoms with E-state index in [0.717, 1.165) is 18.3 Å². The Morgan fingerprint density at radius 1 is 1.37 bits per heavy atom. The Morgan fingerprint density at radius 3 is 2.78 bits per heavy atom. The maximum Gasteiger partial charge on any atom is 0.281 e. The van der Waals surface area contributed by atoms with Crippen molar-refractivity contribution in [2.24, 2.45) is 15.4 Å². The molecule has 2 atom stereocenters. The molecule has 2 aromatic heterocycles. The molecule has 27 heavy (non-hydrogen) atoms. The molecule has 140 valence electrons. The van der Waals surface area contributed by atoms with Gasteiger partial charge in [0, 0.05) is 6.92 Å². The van der Waals surface area contributed by atoms with Crippen molar-refractivity contribution in [1.29, 1.82) is 0 Å². The fourth-order valence-corrected chi connectivity index (χ4v) is 4.24. The minimum absolute atomic E-state index is 0.0220. The Hall–Kier alpha value is -2.43. The average Bonchev–Trinajstić information content (AvgIpc) is 3.31. The third kappa shape index (κ3) is 2.71. The van der Waals surface area contributed by atoms with Crippen LogP contribution in [0.1, 0.15) is 29.2 Å². The minimum atomic E-state index is -3.19. The molecule has 0 amide bonds. The first-order chi connectivity index (χ1) is 12.7. The van der Waals surface area contributed by atoms with Gasteiger partial charge in [0.25, 0.3) is 5.92 Å². The number of aliphatic hydroxyl groups excluding tert-OH is 1. The fourth-order valence-electron chi connectivity index (χ4n) is 3.00. The number of phenolic OH excluding ortho intramolecular Hbond substituents is 1. The molecular formula is C16H12ClF2N5O2S. The Kier molecular flexibility index (Phi) is 4.02. The quantitative estimate of drug-likeness (QED) is 0.672. The van der Waals surface area contributed by atoms with Crippen LogP contribution >= 0.6 is 22.9 Å². The number of fused-ring (bicyclic) bond motifs is 1. The number of phenols is 1. The van der Waals surface area contributed by atoms with Gasteiger partial charge in [-0.25, -0.2) is 13.8 Å². The number of alkyl halides is 2. The lowest BCUT2D eigenvalue weighted by molar-refractivity contribution is 0.0153. The van der Waals surface area contributed by atoms with E-state index in [1.165, 1.54) is 41.3 Å². The van der Waals surface area contributed by atoms with E-state index in [2.05, 4.69) is 20.4 Å². The second-order valence-electron chi connectivity index (χ2n) is 6.13. The molecule has 1 aliphatic rings. The molecule has 3 aromatic rings. The Labute approximate surface area is 160 Å². The zero-order valence-corrected chi connectivity index (χ0v) is 15.3. The van der Waals surface area contributed by atoms with Gasteiger partial charge < -0.3 is 10.2 Å². The second kappa shape index (κ2) is 6.04. The molecule has 1 aliphatic heterocycles. The molecule has 3 heterocycles. The highest BCUT2D eigenvalue weighted by Gasteiger charge is 2.47. The lowest BCUT2D eigenvalue weighted by atomic mass is 9.84. The van der Waals surface area contributed by atoms with E-state index >= 15 is 0 Å². The van der Waals surface area contributed by atoms with Gasteiger partial charge in [-0.15, -0.1) is 21.6 Å². The highest BCUT2D eigenvalue weighted by atomic mass is 35.5. The summed E-state index contributed by atoms with van der Waals surface area (Å²) in [5.74, 6) is -3.36. The molecular weight excluding hydrogens is 400 g/mol. The third-order valence-electron chi connectivity index (χ3n) is 4.30. The van der Waals surface area contributed by atoms with Gasteiger partial charge in [0.2, 0.25) is 0 Å². The molecule has 11 heteroatoms. The number of aromatic nitrogens is 2. The zero-order chi connectivity index (χ0) is 19.4. The van der Waals surface area contributed by atoms with Crippen molar-refractivity contribution < 1.29 is 19.0 Å². The second-order valence-corrected chi connectivity index (χ2v) is 7.57. The van der Waals surface area contributed by atoms with Crippen molar-refractivity contribution in [3.63, 3.8) is 0 Å². The topological polar surface area (TPSA) is 94.8 Å². The molecule has 0 fully saturated rings. The number of imidazole rings is 1. The summed E-state index contributed by atoms with van der Waals surface area (Å²) in [5, 5.41) is 32.2. The van der Waals surface area contributed by atoms with Crippen molar-refractivity contribution in [2.45, 2.75) is 24.5 Å². The van der Waals surface area contributed by atoms with Crippen molar-refractivity contribution in [2.75, 3.05) is 0 Å². The Balaban J connectivity index is 1.95. The van der Waals surface area contributed by atoms with E-state index in [1.54, 1.807) is 0 Å². The van der Waals surface area contributed by atoms with Gasteiger partial charge >= 0.3 is 0 Å². The van der Waals surface area contributed by atoms with Gasteiger partial charge in [0.15, 0.2) is 5.54 Å². The summed E-state index contributed by atoms with van der Waals surface area (Å²) < 4.78 is 29.9. The molecule has 4 rings (SSSR count). The van der Waals surface area contributed by atoms with E-state index < -0.39 is 17.6 Å². The summed E-state index contributed by atoms with van der Waals surface area (Å²) in [6, 6.07) is 4.18. The van der Waals surface area contributed by atoms with E-state index in [4.69, 9.17) is 11.6 Å². The number of thiazole rings is 1. The van der Waals surface area contributed by atoms with Crippen LogP contribution in [0, 0.1) is 0 Å². The van der Waals surface area contributed by atoms with Gasteiger partial charge in [-0.3, -0.25) is 4.40 Å². The largest absolute Gasteiger partial charge is 0.506 e. The maximum atomic E-state index is 14.2. The van der Waals surface area contributed by atoms with Crippen molar-refractivity contribution in [1.82, 2.24) is 9.38 Å². The normalized spacial score (nSPS) is 20.6. The fraction of sp³-hybridized carbons (Fsp3) is 0.250. The van der Waals surface area contributed by atoms with Crippen LogP contribution in [0.5, 0.6) is 5.75 Å². The molecule has 1 aromatic carbocycles. The van der Waals surface area contributed by atoms with Crippen molar-refractivity contribution in [3.8, 4) is 5.75 Å². The van der Waals surface area contributed by atoms with Crippen LogP contribution in [-0.4, -0.2) is 25.8 Å². The number of hydrogen-bond donors (Lipinski definition) is 2. The summed E-state index contributed by atoms with van der Waals surface area (Å²) in [7, 11) is 0. The average molecular weight is 412 g/mol. The Bertz CT molecular complexity index is 1080. The molecule has 0 saturated heterocycles. The Morgan fingerprint density at radius 2 is 2.15 bits per heavy atom. The summed E-state index contributed by atoms with van der Waals surface area (Å²) in [6.45, 7) is 0.760. The summed E-state index contributed by atoms with van der Waals surface area (Å²) in [4.78, 5) is 4.09. The van der Waals surface area contributed by atoms with Crippen LogP contribution in [0.2, 0.25) is 5.02 Å². The number of benzene rings is 1. The molecule has 0 bridgehead atoms. The van der Waals surface area contributed by atoms with Crippen molar-refractivity contribution in [3.05, 3.63) is 51.9 Å². The SMILES string of the molecule is CC(F)(F)c1sc2cncn2c1C(O)C1(c2ccc(O)c(Cl)c2)C=NN=N1. The molecule has 0 spiro atoms. The summed E-state index contributed by atoms with van der Waals surface area (Å²) >= 11 is 6.82. The van der Waals surface area contributed by atoms with Gasteiger partial charge in [-0.1, -0.05) is 17.7 Å². The van der Waals surface area contributed by atoms with Crippen LogP contribution in [-0.2, 0) is 11.5 Å². The van der Waals surface area contributed by atoms with Crippen LogP contribution in [0.4, 0.5) is 8.78 Å². The summed E-state index contributed by atoms with van der Waals surface area (Å²) in [6.07, 6.45) is 2.49. The number of aliphatic hydroxyl groups is 1. The zero-order valence-electron chi connectivity index (χ0n) is 13.7. The molecule has 0 aliphatic carbocycles. The van der Waals surface area contributed by atoms with Gasteiger partial charge in [-0.05, 0) is 22.9 Å². The molecule has 7 nitrogen and oxygen atoms in total. The molecule has 2 unspecified atom stereocenters. The monoisotopic (exact) mass is 411 g/mol. The van der Waals surface area contributed by atoms with E-state index in [1.807, 2.05) is 0 Å². The van der Waals surface area contributed by atoms with E-state index in [-0.39, 0.29) is 21.3 Å². The third-order valence-corrected chi connectivity index (χ3v) is 5.89. The van der Waals surface area contributed by atoms with Crippen LogP contribution in [0.3, 0.4) is 0 Å². The standard InChI is InChI=1S/C16H12ClF2N5O2S/c1-15(18,19)14-12(24-7-20-5-11(24)27-14)13(26)16(6-21-23-22-16)8-2-3-10(25)9(17)4-8/h2-7,13,25-26H,1H3. The predicted molar refractivity (Wildman–Crippen MR) is 95.7 cm³/mol. The number of hydrogen-bond acceptors (Lipinski definition) is 7. The van der Waals surface area contributed by atoms with E-state index in [9.17, 15) is 19.0 Å². The minimum Gasteiger partial charge on any atom is -0.506 e. The van der Waals surface area contributed by atoms with Crippen LogP contribution in [0.15, 0.2) is 46.2 Å². The van der Waals surface area contributed by atoms with Crippen LogP contribution in [0.25, 0.3) is 4.83 Å². The number of nitrogens with zero attached hydrogens (tertiary/aromatic N) is 5. The first kappa shape index (κ1) is 18.0. The molecule has 0 radical (unpaired) electrons. The lowest BCUT2D eigenvalue weighted by Gasteiger charge is -2.29. The number of aromatic hydroxyl groups is 1. The smallest absolute Gasteiger partial charge is 0.281 e. The maximum absolute atomic E-state index is 14.2. The molecule has 2 N–H and O–H groups in total. The van der Waals surface area contributed by atoms with Gasteiger partial charge in [0.05, 0.1) is 28.0 Å². The molecule has 0 saturated carbocycles. The van der Waals surface area contributed by atoms with Gasteiger partial charge in [-0.2, -0.15) is 0 Å². The first-order valence-electron chi connectivity index (χ1n) is 7.70. The van der Waals surface area contributed by atoms with E-state index in [0.29, 0.717) is 10.4 Å². The lowest BCUT2D eigenvalue weighted by Crippen LogP contribution is -2.34. The number of rotatable bonds is 4. The van der Waals surface area contributed by atoms with Crippen LogP contribution < -0.4 is 0 Å². The summed E-state index contributed by atoms with van der Waals surface area (Å²) in [5.41, 5.74) is -1.29. The highest BCUT2D eigenvalue weighted by molar-refractivity contribution is 7.17. The predicted octanol–water partition coefficient (Wildman–Crippen LogP) is 4.25. The number of halogens is 3. The first-order valence-corrected chi connectivity index (χ1v) is 8.90. The highest BCUT2D eigenvalue weighted by Crippen LogP contribution is 2.47. The van der Waals surface area contributed by atoms with Crippen molar-refractivity contribution >= 4 is 34.0 Å².